The molecule has 122 valence electrons. The minimum absolute atomic E-state index is 0.686. The van der Waals surface area contributed by atoms with Gasteiger partial charge in [0, 0.05) is 0 Å². The van der Waals surface area contributed by atoms with Gasteiger partial charge in [-0.2, -0.15) is 0 Å². The van der Waals surface area contributed by atoms with Crippen molar-refractivity contribution in [3.63, 3.8) is 0 Å². The molecule has 0 aliphatic carbocycles. The van der Waals surface area contributed by atoms with E-state index in [1.807, 2.05) is 37.1 Å². The zero-order valence-corrected chi connectivity index (χ0v) is 18.1. The van der Waals surface area contributed by atoms with Crippen molar-refractivity contribution < 1.29 is 0 Å². The predicted octanol–water partition coefficient (Wildman–Crippen LogP) is 3.48. The third-order valence-electron chi connectivity index (χ3n) is 3.44. The molecule has 0 bridgehead atoms. The number of hydrogen-bond donors (Lipinski definition) is 0. The molecule has 0 spiro atoms. The summed E-state index contributed by atoms with van der Waals surface area (Å²) in [5.41, 5.74) is 4.02. The van der Waals surface area contributed by atoms with E-state index in [-0.39, 0.29) is 0 Å². The van der Waals surface area contributed by atoms with Crippen molar-refractivity contribution in [2.24, 2.45) is 0 Å². The summed E-state index contributed by atoms with van der Waals surface area (Å²) in [5, 5.41) is 13.0. The van der Waals surface area contributed by atoms with Gasteiger partial charge in [-0.3, -0.25) is 0 Å². The van der Waals surface area contributed by atoms with Gasteiger partial charge in [0.1, 0.15) is 0 Å². The molecule has 8 heteroatoms. The van der Waals surface area contributed by atoms with Gasteiger partial charge in [-0.25, -0.2) is 0 Å². The molecule has 0 amide bonds. The van der Waals surface area contributed by atoms with Crippen LogP contribution in [-0.4, -0.2) is 45.8 Å². The second-order valence-corrected chi connectivity index (χ2v) is 13.7. The fourth-order valence-electron chi connectivity index (χ4n) is 2.15. The Morgan fingerprint density at radius 1 is 0.773 bits per heavy atom. The maximum absolute atomic E-state index is 6.16. The average Bonchev–Trinajstić information content (AvgIpc) is 2.88. The molecular formula is C14H20Cl2N4Se2. The zero-order chi connectivity index (χ0) is 16.3. The standard InChI is InChI=1S/C14H20Cl2N4Se2/c1-9-13(15)11(3)19(17-9)5-7-21-22-8-6-20-12(4)14(16)10(2)18-20/h5-8H2,1-4H3. The van der Waals surface area contributed by atoms with Crippen LogP contribution in [0.2, 0.25) is 20.7 Å². The Bertz CT molecular complexity index is 596. The molecular weight excluding hydrogens is 453 g/mol. The van der Waals surface area contributed by atoms with Gasteiger partial charge in [0.2, 0.25) is 0 Å². The van der Waals surface area contributed by atoms with E-state index in [0.717, 1.165) is 45.9 Å². The molecule has 0 radical (unpaired) electrons. The van der Waals surface area contributed by atoms with Crippen molar-refractivity contribution in [3.8, 4) is 0 Å². The molecule has 0 saturated carbocycles. The van der Waals surface area contributed by atoms with E-state index in [9.17, 15) is 0 Å². The Labute approximate surface area is 152 Å². The van der Waals surface area contributed by atoms with Crippen molar-refractivity contribution in [1.29, 1.82) is 0 Å². The van der Waals surface area contributed by atoms with Crippen molar-refractivity contribution in [2.45, 2.75) is 51.4 Å². The molecule has 0 fully saturated rings. The van der Waals surface area contributed by atoms with E-state index in [0.29, 0.717) is 26.3 Å². The Morgan fingerprint density at radius 2 is 1.14 bits per heavy atom. The molecule has 0 atom stereocenters. The first-order valence-electron chi connectivity index (χ1n) is 7.05. The summed E-state index contributed by atoms with van der Waals surface area (Å²) in [6.45, 7) is 9.95. The number of aryl methyl sites for hydroxylation is 4. The first kappa shape index (κ1) is 18.4. The van der Waals surface area contributed by atoms with E-state index in [1.54, 1.807) is 0 Å². The number of nitrogens with zero attached hydrogens (tertiary/aromatic N) is 4. The summed E-state index contributed by atoms with van der Waals surface area (Å²) >= 11 is 13.7. The summed E-state index contributed by atoms with van der Waals surface area (Å²) in [5.74, 6) is 0. The fourth-order valence-corrected chi connectivity index (χ4v) is 8.15. The fraction of sp³-hybridized carbons (Fsp3) is 0.571. The SMILES string of the molecule is Cc1nn(CC[Se][Se]CCn2nc(C)c(Cl)c2C)c(C)c1Cl. The van der Waals surface area contributed by atoms with Crippen molar-refractivity contribution in [1.82, 2.24) is 19.6 Å². The van der Waals surface area contributed by atoms with Gasteiger partial charge in [-0.05, 0) is 0 Å². The van der Waals surface area contributed by atoms with Gasteiger partial charge >= 0.3 is 153 Å². The Morgan fingerprint density at radius 3 is 1.41 bits per heavy atom. The molecule has 2 aromatic heterocycles. The van der Waals surface area contributed by atoms with Crippen LogP contribution in [0.3, 0.4) is 0 Å². The average molecular weight is 473 g/mol. The summed E-state index contributed by atoms with van der Waals surface area (Å²) in [6.07, 6.45) is 0. The molecule has 2 rings (SSSR count). The number of rotatable bonds is 7. The molecule has 2 heterocycles. The van der Waals surface area contributed by atoms with Crippen molar-refractivity contribution in [3.05, 3.63) is 32.8 Å². The third-order valence-corrected chi connectivity index (χ3v) is 11.8. The second kappa shape index (κ2) is 8.23. The van der Waals surface area contributed by atoms with Gasteiger partial charge in [0.05, 0.1) is 0 Å². The minimum atomic E-state index is 0.686. The molecule has 0 aromatic carbocycles. The van der Waals surface area contributed by atoms with E-state index in [2.05, 4.69) is 10.2 Å². The van der Waals surface area contributed by atoms with Crippen LogP contribution in [0.1, 0.15) is 22.8 Å². The summed E-state index contributed by atoms with van der Waals surface area (Å²) in [7, 11) is 0. The van der Waals surface area contributed by atoms with Gasteiger partial charge < -0.3 is 0 Å². The first-order chi connectivity index (χ1) is 10.4. The predicted molar refractivity (Wildman–Crippen MR) is 94.5 cm³/mol. The second-order valence-electron chi connectivity index (χ2n) is 5.06. The van der Waals surface area contributed by atoms with Crippen LogP contribution in [0.5, 0.6) is 0 Å². The molecule has 22 heavy (non-hydrogen) atoms. The topological polar surface area (TPSA) is 35.6 Å². The summed E-state index contributed by atoms with van der Waals surface area (Å²) in [6, 6.07) is 0. The van der Waals surface area contributed by atoms with Crippen LogP contribution < -0.4 is 0 Å². The van der Waals surface area contributed by atoms with E-state index < -0.39 is 0 Å². The van der Waals surface area contributed by atoms with Crippen molar-refractivity contribution in [2.75, 3.05) is 0 Å². The van der Waals surface area contributed by atoms with Crippen LogP contribution in [0.15, 0.2) is 0 Å². The molecule has 4 nitrogen and oxygen atoms in total. The van der Waals surface area contributed by atoms with Crippen molar-refractivity contribution >= 4 is 49.5 Å². The van der Waals surface area contributed by atoms with Crippen LogP contribution in [0.25, 0.3) is 0 Å². The maximum atomic E-state index is 6.16. The van der Waals surface area contributed by atoms with Crippen LogP contribution in [0, 0.1) is 27.7 Å². The van der Waals surface area contributed by atoms with Gasteiger partial charge in [0.15, 0.2) is 0 Å². The first-order valence-corrected chi connectivity index (χ1v) is 14.6. The molecule has 0 unspecified atom stereocenters. The normalized spacial score (nSPS) is 11.4. The molecule has 2 aromatic rings. The summed E-state index contributed by atoms with van der Waals surface area (Å²) < 4.78 is 4.08. The third kappa shape index (κ3) is 4.31. The Hall–Kier alpha value is 0.0390. The quantitative estimate of drug-likeness (QED) is 0.456. The van der Waals surface area contributed by atoms with E-state index in [4.69, 9.17) is 23.2 Å². The van der Waals surface area contributed by atoms with E-state index >= 15 is 0 Å². The van der Waals surface area contributed by atoms with Gasteiger partial charge in [-0.15, -0.1) is 0 Å². The Balaban J connectivity index is 1.69. The molecule has 0 aliphatic rings. The van der Waals surface area contributed by atoms with Crippen LogP contribution in [0.4, 0.5) is 0 Å². The number of hydrogen-bond acceptors (Lipinski definition) is 2. The summed E-state index contributed by atoms with van der Waals surface area (Å²) in [4.78, 5) is 0. The molecule has 0 aliphatic heterocycles. The van der Waals surface area contributed by atoms with Gasteiger partial charge in [0.25, 0.3) is 0 Å². The number of halogens is 2. The van der Waals surface area contributed by atoms with Crippen LogP contribution in [-0.2, 0) is 13.1 Å². The Kier molecular flexibility index (Phi) is 6.88. The van der Waals surface area contributed by atoms with Crippen LogP contribution >= 0.6 is 23.2 Å². The van der Waals surface area contributed by atoms with Gasteiger partial charge in [-0.1, -0.05) is 0 Å². The zero-order valence-electron chi connectivity index (χ0n) is 13.2. The van der Waals surface area contributed by atoms with E-state index in [1.165, 1.54) is 10.6 Å². The molecule has 0 saturated heterocycles. The molecule has 0 N–H and O–H groups in total. The monoisotopic (exact) mass is 474 g/mol. The number of aromatic nitrogens is 4.